The third-order valence-electron chi connectivity index (χ3n) is 14.2. The molecule has 5 aromatic rings. The highest BCUT2D eigenvalue weighted by Crippen LogP contribution is 2.40. The number of fused-ring (bicyclic) bond motifs is 1. The number of halogens is 1. The molecule has 0 radical (unpaired) electrons. The average molecular weight is 884 g/mol. The molecule has 3 saturated heterocycles. The van der Waals surface area contributed by atoms with Crippen LogP contribution in [0.3, 0.4) is 0 Å². The Morgan fingerprint density at radius 3 is 2.35 bits per heavy atom. The zero-order chi connectivity index (χ0) is 45.5. The molecule has 1 aromatic carbocycles. The van der Waals surface area contributed by atoms with Crippen LogP contribution in [0.2, 0.25) is 0 Å². The number of carbonyl (C=O) groups is 3. The van der Waals surface area contributed by atoms with Crippen molar-refractivity contribution < 1.29 is 23.5 Å². The van der Waals surface area contributed by atoms with E-state index in [1.807, 2.05) is 57.4 Å². The van der Waals surface area contributed by atoms with Crippen molar-refractivity contribution in [1.29, 1.82) is 5.26 Å². The Bertz CT molecular complexity index is 2600. The fourth-order valence-corrected chi connectivity index (χ4v) is 10.3. The lowest BCUT2D eigenvalue weighted by Gasteiger charge is -2.41. The fourth-order valence-electron chi connectivity index (χ4n) is 10.3. The summed E-state index contributed by atoms with van der Waals surface area (Å²) in [7, 11) is 0. The van der Waals surface area contributed by atoms with E-state index in [2.05, 4.69) is 49.4 Å². The van der Waals surface area contributed by atoms with Crippen molar-refractivity contribution in [3.63, 3.8) is 0 Å². The molecule has 340 valence electrons. The third kappa shape index (κ3) is 9.20. The summed E-state index contributed by atoms with van der Waals surface area (Å²) >= 11 is 0. The number of anilines is 2. The molecule has 16 heteroatoms. The van der Waals surface area contributed by atoms with Gasteiger partial charge in [0.2, 0.25) is 11.8 Å². The van der Waals surface area contributed by atoms with Gasteiger partial charge in [0.05, 0.1) is 41.4 Å². The number of amides is 2. The highest BCUT2D eigenvalue weighted by Gasteiger charge is 2.43. The predicted molar refractivity (Wildman–Crippen MR) is 243 cm³/mol. The van der Waals surface area contributed by atoms with Gasteiger partial charge in [-0.05, 0) is 134 Å². The lowest BCUT2D eigenvalue weighted by atomic mass is 9.76. The van der Waals surface area contributed by atoms with Crippen LogP contribution in [0.15, 0.2) is 61.3 Å². The molecular weight excluding hydrogens is 826 g/mol. The van der Waals surface area contributed by atoms with Crippen LogP contribution in [0, 0.1) is 22.6 Å². The Morgan fingerprint density at radius 1 is 0.938 bits per heavy atom. The molecule has 2 N–H and O–H groups in total. The van der Waals surface area contributed by atoms with Crippen LogP contribution >= 0.6 is 0 Å². The Hall–Kier alpha value is -6.21. The number of nitriles is 1. The number of esters is 1. The van der Waals surface area contributed by atoms with Crippen molar-refractivity contribution in [2.45, 2.75) is 128 Å². The summed E-state index contributed by atoms with van der Waals surface area (Å²) in [4.78, 5) is 51.6. The van der Waals surface area contributed by atoms with Gasteiger partial charge in [-0.15, -0.1) is 0 Å². The molecule has 4 aliphatic rings. The van der Waals surface area contributed by atoms with E-state index < -0.39 is 17.1 Å². The summed E-state index contributed by atoms with van der Waals surface area (Å²) in [5, 5.41) is 24.8. The van der Waals surface area contributed by atoms with Gasteiger partial charge in [-0.2, -0.15) is 15.5 Å². The zero-order valence-corrected chi connectivity index (χ0v) is 37.7. The molecule has 2 amide bonds. The number of hydrogen-bond donors (Lipinski definition) is 2. The molecule has 0 unspecified atom stereocenters. The van der Waals surface area contributed by atoms with E-state index in [0.29, 0.717) is 66.5 Å². The van der Waals surface area contributed by atoms with Gasteiger partial charge in [0, 0.05) is 54.8 Å². The van der Waals surface area contributed by atoms with Crippen molar-refractivity contribution in [2.75, 3.05) is 36.4 Å². The van der Waals surface area contributed by atoms with E-state index >= 15 is 4.39 Å². The molecule has 15 nitrogen and oxygen atoms in total. The smallest absolute Gasteiger partial charge is 0.312 e. The Morgan fingerprint density at radius 2 is 1.69 bits per heavy atom. The van der Waals surface area contributed by atoms with E-state index in [-0.39, 0.29) is 42.0 Å². The summed E-state index contributed by atoms with van der Waals surface area (Å²) in [5.41, 5.74) is 4.22. The Labute approximate surface area is 378 Å². The summed E-state index contributed by atoms with van der Waals surface area (Å²) in [5.74, 6) is -0.0627. The molecule has 1 aliphatic carbocycles. The molecule has 9 rings (SSSR count). The Balaban J connectivity index is 0.816. The van der Waals surface area contributed by atoms with Crippen LogP contribution in [0.5, 0.6) is 0 Å². The monoisotopic (exact) mass is 883 g/mol. The van der Waals surface area contributed by atoms with Gasteiger partial charge in [-0.25, -0.2) is 18.9 Å². The highest BCUT2D eigenvalue weighted by atomic mass is 19.1. The first-order valence-corrected chi connectivity index (χ1v) is 23.2. The second-order valence-corrected chi connectivity index (χ2v) is 19.3. The molecular formula is C49H58FN11O4. The van der Waals surface area contributed by atoms with Gasteiger partial charge in [-0.3, -0.25) is 24.4 Å². The van der Waals surface area contributed by atoms with Gasteiger partial charge in [-0.1, -0.05) is 13.0 Å². The maximum atomic E-state index is 15.4. The number of pyridine rings is 1. The third-order valence-corrected chi connectivity index (χ3v) is 14.2. The van der Waals surface area contributed by atoms with Crippen molar-refractivity contribution in [2.24, 2.45) is 5.41 Å². The Kier molecular flexibility index (Phi) is 12.2. The van der Waals surface area contributed by atoms with E-state index in [1.165, 1.54) is 6.07 Å². The number of hydrogen-bond acceptors (Lipinski definition) is 12. The number of aromatic nitrogens is 6. The van der Waals surface area contributed by atoms with Crippen LogP contribution < -0.4 is 15.5 Å². The minimum Gasteiger partial charge on any atom is -0.460 e. The van der Waals surface area contributed by atoms with E-state index in [1.54, 1.807) is 16.9 Å². The SMILES string of the molecule is CCC1(C(=O)OC(C)(C)C)CCN(c2ccc(-c3nc(-c4cnn([C@H]5CC[C@H](N6CCC(c7ccc(N[C@H]8CCC(=O)NC8=O)cc7F)CC6)CC5)c4)cn4ncc(C#N)c34)cn2)CC1. The van der Waals surface area contributed by atoms with Crippen molar-refractivity contribution in [3.05, 3.63) is 78.3 Å². The van der Waals surface area contributed by atoms with Gasteiger partial charge < -0.3 is 19.9 Å². The number of rotatable bonds is 10. The first kappa shape index (κ1) is 44.0. The van der Waals surface area contributed by atoms with Gasteiger partial charge in [0.25, 0.3) is 0 Å². The van der Waals surface area contributed by atoms with Crippen LogP contribution in [0.1, 0.15) is 121 Å². The predicted octanol–water partition coefficient (Wildman–Crippen LogP) is 7.58. The average Bonchev–Trinajstić information content (AvgIpc) is 3.98. The number of likely N-dealkylation sites (tertiary alicyclic amines) is 1. The van der Waals surface area contributed by atoms with Gasteiger partial charge in [0.1, 0.15) is 40.4 Å². The second kappa shape index (κ2) is 18.0. The van der Waals surface area contributed by atoms with Gasteiger partial charge >= 0.3 is 5.97 Å². The van der Waals surface area contributed by atoms with Gasteiger partial charge in [0.15, 0.2) is 0 Å². The molecule has 0 spiro atoms. The quantitative estimate of drug-likeness (QED) is 0.104. The summed E-state index contributed by atoms with van der Waals surface area (Å²) in [6.45, 7) is 11.0. The number of piperidine rings is 3. The number of nitrogens with one attached hydrogen (secondary N) is 2. The van der Waals surface area contributed by atoms with Crippen molar-refractivity contribution in [1.82, 2.24) is 39.6 Å². The number of ether oxygens (including phenoxy) is 1. The number of benzene rings is 1. The summed E-state index contributed by atoms with van der Waals surface area (Å²) in [6.07, 6.45) is 17.8. The lowest BCUT2D eigenvalue weighted by molar-refractivity contribution is -0.169. The number of nitrogens with zero attached hydrogens (tertiary/aromatic N) is 9. The molecule has 0 bridgehead atoms. The number of imide groups is 1. The van der Waals surface area contributed by atoms with Crippen LogP contribution in [-0.2, 0) is 19.1 Å². The normalized spacial score (nSPS) is 22.1. The summed E-state index contributed by atoms with van der Waals surface area (Å²) in [6, 6.07) is 11.6. The standard InChI is InChI=1S/C49H58FN11O4/c1-5-49(47(64)65-48(2,3)4)18-22-59(23-19-49)42-14-6-32(26-52-42)44-45-33(25-51)27-54-61(45)30-41(56-44)34-28-53-60(29-34)37-10-8-36(9-11-37)58-20-16-31(17-21-58)38-12-7-35(24-39(38)50)55-40-13-15-43(62)57-46(40)63/h6-7,12,14,24,26-31,36-37,40,55H,5,8-11,13,15-23H2,1-4H3,(H,57,62,63)/t36-,37-,40-/m0/s1. The fraction of sp³-hybridized carbons (Fsp3) is 0.510. The second-order valence-electron chi connectivity index (χ2n) is 19.3. The number of carbonyl (C=O) groups excluding carboxylic acids is 3. The first-order valence-electron chi connectivity index (χ1n) is 23.2. The lowest BCUT2D eigenvalue weighted by Crippen LogP contribution is -2.47. The molecule has 3 aliphatic heterocycles. The maximum absolute atomic E-state index is 15.4. The molecule has 65 heavy (non-hydrogen) atoms. The van der Waals surface area contributed by atoms with Crippen LogP contribution in [0.4, 0.5) is 15.9 Å². The topological polar surface area (TPSA) is 176 Å². The minimum atomic E-state index is -0.548. The molecule has 1 saturated carbocycles. The van der Waals surface area contributed by atoms with E-state index in [0.717, 1.165) is 80.5 Å². The molecule has 4 aromatic heterocycles. The van der Waals surface area contributed by atoms with E-state index in [9.17, 15) is 19.6 Å². The summed E-state index contributed by atoms with van der Waals surface area (Å²) < 4.78 is 25.0. The minimum absolute atomic E-state index is 0.119. The zero-order valence-electron chi connectivity index (χ0n) is 37.7. The van der Waals surface area contributed by atoms with Crippen LogP contribution in [0.25, 0.3) is 28.0 Å². The van der Waals surface area contributed by atoms with E-state index in [4.69, 9.17) is 19.8 Å². The molecule has 4 fully saturated rings. The van der Waals surface area contributed by atoms with Crippen molar-refractivity contribution >= 4 is 34.8 Å². The van der Waals surface area contributed by atoms with Crippen LogP contribution in [-0.4, -0.2) is 95.9 Å². The molecule has 1 atom stereocenters. The molecule has 7 heterocycles. The maximum Gasteiger partial charge on any atom is 0.312 e. The largest absolute Gasteiger partial charge is 0.460 e. The van der Waals surface area contributed by atoms with Crippen molar-refractivity contribution in [3.8, 4) is 28.6 Å². The first-order chi connectivity index (χ1) is 31.3. The highest BCUT2D eigenvalue weighted by molar-refractivity contribution is 6.01.